The number of amides is 1. The Bertz CT molecular complexity index is 402. The van der Waals surface area contributed by atoms with Crippen molar-refractivity contribution in [2.24, 2.45) is 5.92 Å². The monoisotopic (exact) mass is 236 g/mol. The molecule has 1 rings (SSSR count). The molecule has 0 aliphatic heterocycles. The molecule has 0 fully saturated rings. The van der Waals surface area contributed by atoms with Crippen molar-refractivity contribution in [2.75, 3.05) is 26.4 Å². The Morgan fingerprint density at radius 1 is 1.47 bits per heavy atom. The number of nitrogens with zero attached hydrogens (tertiary/aromatic N) is 1. The third-order valence-corrected chi connectivity index (χ3v) is 2.47. The number of nitrogens with two attached hydrogens (primary N) is 1. The van der Waals surface area contributed by atoms with E-state index in [2.05, 4.69) is 13.8 Å². The summed E-state index contributed by atoms with van der Waals surface area (Å²) in [7, 11) is 3.30. The molecule has 4 heteroatoms. The highest BCUT2D eigenvalue weighted by molar-refractivity contribution is 5.98. The van der Waals surface area contributed by atoms with Gasteiger partial charge in [-0.1, -0.05) is 19.9 Å². The van der Waals surface area contributed by atoms with Crippen molar-refractivity contribution in [3.63, 3.8) is 0 Å². The van der Waals surface area contributed by atoms with E-state index in [0.717, 1.165) is 0 Å². The van der Waals surface area contributed by atoms with Gasteiger partial charge in [0.15, 0.2) is 5.75 Å². The first-order chi connectivity index (χ1) is 7.97. The number of para-hydroxylation sites is 1. The van der Waals surface area contributed by atoms with E-state index in [0.29, 0.717) is 29.5 Å². The first kappa shape index (κ1) is 13.4. The number of carbonyl (C=O) groups is 1. The van der Waals surface area contributed by atoms with Crippen LogP contribution in [0.15, 0.2) is 18.2 Å². The maximum Gasteiger partial charge on any atom is 0.257 e. The summed E-state index contributed by atoms with van der Waals surface area (Å²) in [6.07, 6.45) is 0. The zero-order valence-electron chi connectivity index (χ0n) is 10.9. The number of hydrogen-bond donors (Lipinski definition) is 1. The Morgan fingerprint density at radius 2 is 2.12 bits per heavy atom. The second-order valence-electron chi connectivity index (χ2n) is 4.51. The summed E-state index contributed by atoms with van der Waals surface area (Å²) < 4.78 is 5.18. The van der Waals surface area contributed by atoms with Crippen LogP contribution >= 0.6 is 0 Å². The number of rotatable bonds is 4. The molecule has 2 N–H and O–H groups in total. The molecule has 0 bridgehead atoms. The van der Waals surface area contributed by atoms with Crippen LogP contribution in [0.25, 0.3) is 0 Å². The fourth-order valence-corrected chi connectivity index (χ4v) is 1.79. The van der Waals surface area contributed by atoms with Crippen LogP contribution in [-0.2, 0) is 0 Å². The smallest absolute Gasteiger partial charge is 0.257 e. The molecule has 94 valence electrons. The largest absolute Gasteiger partial charge is 0.494 e. The number of ether oxygens (including phenoxy) is 1. The van der Waals surface area contributed by atoms with Crippen LogP contribution in [-0.4, -0.2) is 31.5 Å². The third kappa shape index (κ3) is 3.12. The van der Waals surface area contributed by atoms with Crippen molar-refractivity contribution in [3.8, 4) is 5.75 Å². The van der Waals surface area contributed by atoms with E-state index in [4.69, 9.17) is 10.5 Å². The van der Waals surface area contributed by atoms with Gasteiger partial charge in [0.2, 0.25) is 0 Å². The van der Waals surface area contributed by atoms with Gasteiger partial charge in [-0.2, -0.15) is 0 Å². The Hall–Kier alpha value is -1.71. The van der Waals surface area contributed by atoms with Gasteiger partial charge in [-0.15, -0.1) is 0 Å². The topological polar surface area (TPSA) is 55.6 Å². The summed E-state index contributed by atoms with van der Waals surface area (Å²) in [4.78, 5) is 13.9. The molecule has 1 aromatic carbocycles. The lowest BCUT2D eigenvalue weighted by Gasteiger charge is -2.21. The van der Waals surface area contributed by atoms with Crippen LogP contribution in [0.5, 0.6) is 5.75 Å². The van der Waals surface area contributed by atoms with Crippen LogP contribution in [0, 0.1) is 5.92 Å². The van der Waals surface area contributed by atoms with Crippen LogP contribution in [0.3, 0.4) is 0 Å². The normalized spacial score (nSPS) is 10.4. The van der Waals surface area contributed by atoms with Gasteiger partial charge in [-0.25, -0.2) is 0 Å². The third-order valence-electron chi connectivity index (χ3n) is 2.47. The summed E-state index contributed by atoms with van der Waals surface area (Å²) >= 11 is 0. The maximum atomic E-state index is 12.2. The second kappa shape index (κ2) is 5.57. The Morgan fingerprint density at radius 3 is 2.65 bits per heavy atom. The SMILES string of the molecule is COc1c(N)cccc1C(=O)N(C)CC(C)C. The summed E-state index contributed by atoms with van der Waals surface area (Å²) in [6, 6.07) is 5.21. The summed E-state index contributed by atoms with van der Waals surface area (Å²) in [5.74, 6) is 0.812. The molecule has 0 aliphatic carbocycles. The van der Waals surface area contributed by atoms with Gasteiger partial charge in [0.1, 0.15) is 0 Å². The van der Waals surface area contributed by atoms with Crippen LogP contribution in [0.2, 0.25) is 0 Å². The van der Waals surface area contributed by atoms with Gasteiger partial charge < -0.3 is 15.4 Å². The summed E-state index contributed by atoms with van der Waals surface area (Å²) in [6.45, 7) is 4.84. The van der Waals surface area contributed by atoms with E-state index in [-0.39, 0.29) is 5.91 Å². The molecule has 0 radical (unpaired) electrons. The minimum atomic E-state index is -0.0668. The molecular weight excluding hydrogens is 216 g/mol. The second-order valence-corrected chi connectivity index (χ2v) is 4.51. The molecule has 1 amide bonds. The van der Waals surface area contributed by atoms with Crippen molar-refractivity contribution in [1.29, 1.82) is 0 Å². The molecule has 1 aromatic rings. The predicted molar refractivity (Wildman–Crippen MR) is 69.2 cm³/mol. The summed E-state index contributed by atoms with van der Waals surface area (Å²) in [5.41, 5.74) is 6.77. The molecule has 0 heterocycles. The Labute approximate surface area is 102 Å². The van der Waals surface area contributed by atoms with Crippen molar-refractivity contribution in [1.82, 2.24) is 4.90 Å². The average molecular weight is 236 g/mol. The van der Waals surface area contributed by atoms with E-state index in [9.17, 15) is 4.79 Å². The first-order valence-electron chi connectivity index (χ1n) is 5.65. The highest BCUT2D eigenvalue weighted by Gasteiger charge is 2.18. The number of methoxy groups -OCH3 is 1. The maximum absolute atomic E-state index is 12.2. The van der Waals surface area contributed by atoms with Gasteiger partial charge in [0.05, 0.1) is 18.4 Å². The van der Waals surface area contributed by atoms with Gasteiger partial charge in [-0.05, 0) is 18.1 Å². The van der Waals surface area contributed by atoms with Crippen molar-refractivity contribution in [3.05, 3.63) is 23.8 Å². The lowest BCUT2D eigenvalue weighted by molar-refractivity contribution is 0.0776. The van der Waals surface area contributed by atoms with Crippen LogP contribution in [0.1, 0.15) is 24.2 Å². The fourth-order valence-electron chi connectivity index (χ4n) is 1.79. The molecule has 0 spiro atoms. The lowest BCUT2D eigenvalue weighted by Crippen LogP contribution is -2.30. The molecule has 0 saturated carbocycles. The van der Waals surface area contributed by atoms with Crippen molar-refractivity contribution < 1.29 is 9.53 Å². The van der Waals surface area contributed by atoms with Gasteiger partial charge >= 0.3 is 0 Å². The van der Waals surface area contributed by atoms with Gasteiger partial charge in [0.25, 0.3) is 5.91 Å². The molecule has 0 atom stereocenters. The molecule has 0 aromatic heterocycles. The zero-order valence-corrected chi connectivity index (χ0v) is 10.9. The van der Waals surface area contributed by atoms with E-state index in [1.54, 1.807) is 30.1 Å². The number of carbonyl (C=O) groups excluding carboxylic acids is 1. The van der Waals surface area contributed by atoms with Crippen molar-refractivity contribution >= 4 is 11.6 Å². The molecule has 4 nitrogen and oxygen atoms in total. The molecule has 17 heavy (non-hydrogen) atoms. The molecule has 0 unspecified atom stereocenters. The minimum Gasteiger partial charge on any atom is -0.494 e. The highest BCUT2D eigenvalue weighted by atomic mass is 16.5. The zero-order chi connectivity index (χ0) is 13.0. The predicted octanol–water partition coefficient (Wildman–Crippen LogP) is 2.01. The fraction of sp³-hybridized carbons (Fsp3) is 0.462. The molecule has 0 saturated heterocycles. The minimum absolute atomic E-state index is 0.0668. The average Bonchev–Trinajstić information content (AvgIpc) is 2.26. The molecule has 0 aliphatic rings. The standard InChI is InChI=1S/C13H20N2O2/c1-9(2)8-15(3)13(16)10-6-5-7-11(14)12(10)17-4/h5-7,9H,8,14H2,1-4H3. The quantitative estimate of drug-likeness (QED) is 0.813. The first-order valence-corrected chi connectivity index (χ1v) is 5.65. The highest BCUT2D eigenvalue weighted by Crippen LogP contribution is 2.26. The number of benzene rings is 1. The van der Waals surface area contributed by atoms with E-state index in [1.807, 2.05) is 0 Å². The van der Waals surface area contributed by atoms with Gasteiger partial charge in [-0.3, -0.25) is 4.79 Å². The van der Waals surface area contributed by atoms with E-state index in [1.165, 1.54) is 7.11 Å². The Balaban J connectivity index is 3.00. The lowest BCUT2D eigenvalue weighted by atomic mass is 10.1. The van der Waals surface area contributed by atoms with E-state index < -0.39 is 0 Å². The molecular formula is C13H20N2O2. The number of anilines is 1. The Kier molecular flexibility index (Phi) is 4.37. The number of hydrogen-bond acceptors (Lipinski definition) is 3. The number of nitrogen functional groups attached to an aromatic ring is 1. The van der Waals surface area contributed by atoms with Crippen molar-refractivity contribution in [2.45, 2.75) is 13.8 Å². The van der Waals surface area contributed by atoms with Gasteiger partial charge in [0, 0.05) is 13.6 Å². The van der Waals surface area contributed by atoms with E-state index >= 15 is 0 Å². The van der Waals surface area contributed by atoms with Crippen LogP contribution < -0.4 is 10.5 Å². The summed E-state index contributed by atoms with van der Waals surface area (Å²) in [5, 5.41) is 0. The van der Waals surface area contributed by atoms with Crippen LogP contribution in [0.4, 0.5) is 5.69 Å².